The normalized spacial score (nSPS) is 8.00. The number of carbonyl (C=O) groups is 2. The Labute approximate surface area is 63.9 Å². The summed E-state index contributed by atoms with van der Waals surface area (Å²) in [5.41, 5.74) is 0. The van der Waals surface area contributed by atoms with Gasteiger partial charge in [-0.2, -0.15) is 5.26 Å². The molecule has 11 heavy (non-hydrogen) atoms. The van der Waals surface area contributed by atoms with E-state index in [1.54, 1.807) is 6.07 Å². The molecular formula is C6H8N2O3. The zero-order chi connectivity index (χ0) is 8.69. The molecule has 0 aliphatic carbocycles. The molecule has 0 spiro atoms. The Bertz CT molecular complexity index is 194. The number of hydrogen-bond acceptors (Lipinski definition) is 4. The number of rotatable bonds is 3. The Balaban J connectivity index is 3.47. The lowest BCUT2D eigenvalue weighted by molar-refractivity contribution is -0.141. The molecule has 0 rings (SSSR count). The summed E-state index contributed by atoms with van der Waals surface area (Å²) < 4.78 is 4.24. The Morgan fingerprint density at radius 2 is 2.27 bits per heavy atom. The van der Waals surface area contributed by atoms with Crippen LogP contribution in [0.3, 0.4) is 0 Å². The molecule has 0 bridgehead atoms. The van der Waals surface area contributed by atoms with E-state index in [0.717, 1.165) is 0 Å². The van der Waals surface area contributed by atoms with Crippen LogP contribution in [0.2, 0.25) is 0 Å². The zero-order valence-electron chi connectivity index (χ0n) is 6.09. The Hall–Kier alpha value is -1.57. The van der Waals surface area contributed by atoms with Crippen molar-refractivity contribution in [2.75, 3.05) is 13.7 Å². The van der Waals surface area contributed by atoms with Gasteiger partial charge < -0.3 is 10.1 Å². The summed E-state index contributed by atoms with van der Waals surface area (Å²) >= 11 is 0. The lowest BCUT2D eigenvalue weighted by atomic mass is 10.4. The molecule has 0 fully saturated rings. The molecule has 0 aliphatic heterocycles. The molecule has 0 aromatic carbocycles. The van der Waals surface area contributed by atoms with Crippen LogP contribution < -0.4 is 5.32 Å². The van der Waals surface area contributed by atoms with Crippen molar-refractivity contribution in [3.63, 3.8) is 0 Å². The fourth-order valence-corrected chi connectivity index (χ4v) is 0.377. The van der Waals surface area contributed by atoms with Gasteiger partial charge in [0.1, 0.15) is 13.0 Å². The summed E-state index contributed by atoms with van der Waals surface area (Å²) in [5, 5.41) is 10.2. The Kier molecular flexibility index (Phi) is 4.49. The third-order valence-electron chi connectivity index (χ3n) is 0.897. The van der Waals surface area contributed by atoms with Crippen LogP contribution in [0.5, 0.6) is 0 Å². The molecular weight excluding hydrogens is 148 g/mol. The van der Waals surface area contributed by atoms with Gasteiger partial charge in [0.2, 0.25) is 5.91 Å². The van der Waals surface area contributed by atoms with E-state index in [4.69, 9.17) is 5.26 Å². The SMILES string of the molecule is COC(=O)CNC(=O)CC#N. The van der Waals surface area contributed by atoms with Crippen molar-refractivity contribution in [2.45, 2.75) is 6.42 Å². The number of methoxy groups -OCH3 is 1. The van der Waals surface area contributed by atoms with Crippen LogP contribution in [-0.4, -0.2) is 25.5 Å². The molecule has 1 amide bonds. The van der Waals surface area contributed by atoms with Crippen molar-refractivity contribution in [1.82, 2.24) is 5.32 Å². The second-order valence-corrected chi connectivity index (χ2v) is 1.69. The van der Waals surface area contributed by atoms with Crippen LogP contribution in [0.4, 0.5) is 0 Å². The largest absolute Gasteiger partial charge is 0.468 e. The maximum Gasteiger partial charge on any atom is 0.325 e. The summed E-state index contributed by atoms with van der Waals surface area (Å²) in [6.07, 6.45) is -0.239. The van der Waals surface area contributed by atoms with E-state index in [0.29, 0.717) is 0 Å². The van der Waals surface area contributed by atoms with Crippen molar-refractivity contribution in [3.8, 4) is 6.07 Å². The fraction of sp³-hybridized carbons (Fsp3) is 0.500. The van der Waals surface area contributed by atoms with Crippen LogP contribution >= 0.6 is 0 Å². The average molecular weight is 156 g/mol. The number of amides is 1. The molecule has 0 radical (unpaired) electrons. The van der Waals surface area contributed by atoms with Gasteiger partial charge in [-0.3, -0.25) is 9.59 Å². The van der Waals surface area contributed by atoms with Crippen molar-refractivity contribution in [3.05, 3.63) is 0 Å². The minimum Gasteiger partial charge on any atom is -0.468 e. The number of nitrogens with zero attached hydrogens (tertiary/aromatic N) is 1. The quantitative estimate of drug-likeness (QED) is 0.542. The van der Waals surface area contributed by atoms with Gasteiger partial charge in [-0.25, -0.2) is 0 Å². The first kappa shape index (κ1) is 9.43. The van der Waals surface area contributed by atoms with Gasteiger partial charge in [-0.1, -0.05) is 0 Å². The molecule has 0 atom stereocenters. The van der Waals surface area contributed by atoms with Crippen LogP contribution in [-0.2, 0) is 14.3 Å². The molecule has 0 heterocycles. The molecule has 0 saturated carbocycles. The molecule has 0 aliphatic rings. The maximum absolute atomic E-state index is 10.5. The van der Waals surface area contributed by atoms with Crippen LogP contribution in [0.25, 0.3) is 0 Å². The number of nitrogens with one attached hydrogen (secondary N) is 1. The molecule has 0 aromatic rings. The van der Waals surface area contributed by atoms with Gasteiger partial charge in [-0.05, 0) is 0 Å². The van der Waals surface area contributed by atoms with Crippen LogP contribution in [0, 0.1) is 11.3 Å². The van der Waals surface area contributed by atoms with E-state index in [1.165, 1.54) is 7.11 Å². The summed E-state index contributed by atoms with van der Waals surface area (Å²) in [5.74, 6) is -1.01. The van der Waals surface area contributed by atoms with E-state index < -0.39 is 11.9 Å². The fourth-order valence-electron chi connectivity index (χ4n) is 0.377. The Morgan fingerprint density at radius 3 is 2.73 bits per heavy atom. The monoisotopic (exact) mass is 156 g/mol. The number of nitriles is 1. The highest BCUT2D eigenvalue weighted by Crippen LogP contribution is 1.75. The third-order valence-corrected chi connectivity index (χ3v) is 0.897. The first-order chi connectivity index (χ1) is 5.20. The first-order valence-corrected chi connectivity index (χ1v) is 2.91. The third kappa shape index (κ3) is 4.90. The number of esters is 1. The summed E-state index contributed by atoms with van der Waals surface area (Å²) in [6, 6.07) is 1.65. The van der Waals surface area contributed by atoms with Gasteiger partial charge in [0, 0.05) is 0 Å². The second-order valence-electron chi connectivity index (χ2n) is 1.69. The van der Waals surface area contributed by atoms with Gasteiger partial charge in [-0.15, -0.1) is 0 Å². The standard InChI is InChI=1S/C6H8N2O3/c1-11-6(10)4-8-5(9)2-3-7/h2,4H2,1H3,(H,8,9). The summed E-state index contributed by atoms with van der Waals surface area (Å²) in [6.45, 7) is -0.184. The summed E-state index contributed by atoms with van der Waals surface area (Å²) in [4.78, 5) is 20.9. The van der Waals surface area contributed by atoms with E-state index in [1.807, 2.05) is 0 Å². The predicted molar refractivity (Wildman–Crippen MR) is 35.3 cm³/mol. The van der Waals surface area contributed by atoms with E-state index in [-0.39, 0.29) is 13.0 Å². The van der Waals surface area contributed by atoms with Gasteiger partial charge in [0.15, 0.2) is 0 Å². The highest BCUT2D eigenvalue weighted by atomic mass is 16.5. The molecule has 5 nitrogen and oxygen atoms in total. The molecule has 5 heteroatoms. The number of ether oxygens (including phenoxy) is 1. The van der Waals surface area contributed by atoms with Crippen LogP contribution in [0.1, 0.15) is 6.42 Å². The van der Waals surface area contributed by atoms with Crippen molar-refractivity contribution < 1.29 is 14.3 Å². The Morgan fingerprint density at radius 1 is 1.64 bits per heavy atom. The van der Waals surface area contributed by atoms with E-state index >= 15 is 0 Å². The smallest absolute Gasteiger partial charge is 0.325 e. The van der Waals surface area contributed by atoms with Crippen LogP contribution in [0.15, 0.2) is 0 Å². The lowest BCUT2D eigenvalue weighted by Crippen LogP contribution is -2.29. The van der Waals surface area contributed by atoms with E-state index in [2.05, 4.69) is 10.1 Å². The van der Waals surface area contributed by atoms with Crippen molar-refractivity contribution in [2.24, 2.45) is 0 Å². The second kappa shape index (κ2) is 5.23. The molecule has 0 aromatic heterocycles. The van der Waals surface area contributed by atoms with E-state index in [9.17, 15) is 9.59 Å². The van der Waals surface area contributed by atoms with Gasteiger partial charge in [0.25, 0.3) is 0 Å². The minimum atomic E-state index is -0.531. The molecule has 1 N–H and O–H groups in total. The lowest BCUT2D eigenvalue weighted by Gasteiger charge is -1.98. The molecule has 60 valence electrons. The topological polar surface area (TPSA) is 79.2 Å². The average Bonchev–Trinajstić information content (AvgIpc) is 2.01. The minimum absolute atomic E-state index is 0.184. The highest BCUT2D eigenvalue weighted by molar-refractivity contribution is 5.82. The zero-order valence-corrected chi connectivity index (χ0v) is 6.09. The van der Waals surface area contributed by atoms with Crippen molar-refractivity contribution >= 4 is 11.9 Å². The first-order valence-electron chi connectivity index (χ1n) is 2.91. The van der Waals surface area contributed by atoms with Crippen molar-refractivity contribution in [1.29, 1.82) is 5.26 Å². The number of hydrogen-bond donors (Lipinski definition) is 1. The summed E-state index contributed by atoms with van der Waals surface area (Å²) in [7, 11) is 1.22. The maximum atomic E-state index is 10.5. The molecule has 0 unspecified atom stereocenters. The van der Waals surface area contributed by atoms with Gasteiger partial charge >= 0.3 is 5.97 Å². The molecule has 0 saturated heterocycles. The van der Waals surface area contributed by atoms with Gasteiger partial charge in [0.05, 0.1) is 13.2 Å². The number of carbonyl (C=O) groups excluding carboxylic acids is 2. The predicted octanol–water partition coefficient (Wildman–Crippen LogP) is -0.811. The highest BCUT2D eigenvalue weighted by Gasteiger charge is 2.02.